The Morgan fingerprint density at radius 3 is 0.733 bits per heavy atom. The summed E-state index contributed by atoms with van der Waals surface area (Å²) in [5, 5.41) is 0. The topological polar surface area (TPSA) is 78.9 Å². The molecule has 6 nitrogen and oxygen atoms in total. The van der Waals surface area contributed by atoms with E-state index in [9.17, 15) is 14.4 Å². The van der Waals surface area contributed by atoms with E-state index in [4.69, 9.17) is 14.2 Å². The van der Waals surface area contributed by atoms with Gasteiger partial charge in [0.1, 0.15) is 13.2 Å². The smallest absolute Gasteiger partial charge is 0.306 e. The molecule has 0 aromatic carbocycles. The number of rotatable bonds is 63. The number of carbonyl (C=O) groups excluding carboxylic acids is 3. The molecule has 0 aliphatic carbocycles. The van der Waals surface area contributed by atoms with Crippen molar-refractivity contribution in [2.24, 2.45) is 0 Å². The van der Waals surface area contributed by atoms with Gasteiger partial charge in [-0.05, 0) is 64.2 Å². The average Bonchev–Trinajstić information content (AvgIpc) is 3.41. The molecule has 1 atom stereocenters. The molecule has 0 saturated heterocycles. The first kappa shape index (κ1) is 72.9. The van der Waals surface area contributed by atoms with E-state index >= 15 is 0 Å². The number of unbranched alkanes of at least 4 members (excludes halogenated alkanes) is 48. The van der Waals surface area contributed by atoms with Crippen LogP contribution in [0.5, 0.6) is 0 Å². The zero-order chi connectivity index (χ0) is 54.3. The fourth-order valence-electron chi connectivity index (χ4n) is 10.3. The average molecular weight is 1060 g/mol. The van der Waals surface area contributed by atoms with Gasteiger partial charge in [-0.15, -0.1) is 0 Å². The number of carbonyl (C=O) groups is 3. The predicted molar refractivity (Wildman–Crippen MR) is 326 cm³/mol. The Bertz CT molecular complexity index is 1210. The van der Waals surface area contributed by atoms with Crippen molar-refractivity contribution in [2.75, 3.05) is 13.2 Å². The lowest BCUT2D eigenvalue weighted by Gasteiger charge is -2.18. The molecule has 0 fully saturated rings. The molecule has 75 heavy (non-hydrogen) atoms. The number of allylic oxidation sites excluding steroid dienone is 4. The monoisotopic (exact) mass is 1050 g/mol. The van der Waals surface area contributed by atoms with Crippen LogP contribution in [0.4, 0.5) is 0 Å². The Hall–Kier alpha value is -2.11. The molecule has 0 amide bonds. The van der Waals surface area contributed by atoms with Gasteiger partial charge in [-0.2, -0.15) is 0 Å². The third-order valence-electron chi connectivity index (χ3n) is 15.4. The lowest BCUT2D eigenvalue weighted by Crippen LogP contribution is -2.30. The van der Waals surface area contributed by atoms with E-state index in [1.165, 1.54) is 270 Å². The largest absolute Gasteiger partial charge is 0.462 e. The second kappa shape index (κ2) is 64.4. The second-order valence-corrected chi connectivity index (χ2v) is 23.1. The van der Waals surface area contributed by atoms with Gasteiger partial charge in [0.15, 0.2) is 6.10 Å². The van der Waals surface area contributed by atoms with Crippen molar-refractivity contribution in [1.82, 2.24) is 0 Å². The van der Waals surface area contributed by atoms with Gasteiger partial charge in [-0.25, -0.2) is 0 Å². The molecule has 0 aromatic rings. The Balaban J connectivity index is 3.96. The van der Waals surface area contributed by atoms with Crippen LogP contribution >= 0.6 is 0 Å². The molecule has 0 aromatic heterocycles. The number of ether oxygens (including phenoxy) is 3. The van der Waals surface area contributed by atoms with Crippen LogP contribution in [0.25, 0.3) is 0 Å². The summed E-state index contributed by atoms with van der Waals surface area (Å²) in [6, 6.07) is 0. The van der Waals surface area contributed by atoms with E-state index in [0.29, 0.717) is 19.3 Å². The summed E-state index contributed by atoms with van der Waals surface area (Å²) in [6.07, 6.45) is 78.1. The fourth-order valence-corrected chi connectivity index (χ4v) is 10.3. The summed E-state index contributed by atoms with van der Waals surface area (Å²) in [6.45, 7) is 6.62. The van der Waals surface area contributed by atoms with Gasteiger partial charge < -0.3 is 14.2 Å². The molecule has 0 rings (SSSR count). The molecule has 0 bridgehead atoms. The van der Waals surface area contributed by atoms with Gasteiger partial charge in [0.05, 0.1) is 0 Å². The first-order chi connectivity index (χ1) is 37.0. The zero-order valence-corrected chi connectivity index (χ0v) is 50.8. The van der Waals surface area contributed by atoms with E-state index in [0.717, 1.165) is 70.6 Å². The van der Waals surface area contributed by atoms with Crippen LogP contribution in [0, 0.1) is 0 Å². The summed E-state index contributed by atoms with van der Waals surface area (Å²) in [7, 11) is 0. The summed E-state index contributed by atoms with van der Waals surface area (Å²) < 4.78 is 16.9. The van der Waals surface area contributed by atoms with Crippen molar-refractivity contribution in [3.63, 3.8) is 0 Å². The molecule has 1 unspecified atom stereocenters. The van der Waals surface area contributed by atoms with Gasteiger partial charge in [-0.3, -0.25) is 14.4 Å². The van der Waals surface area contributed by atoms with E-state index in [1.807, 2.05) is 0 Å². The highest BCUT2D eigenvalue weighted by Gasteiger charge is 2.19. The van der Waals surface area contributed by atoms with E-state index in [-0.39, 0.29) is 31.1 Å². The van der Waals surface area contributed by atoms with Crippen LogP contribution in [-0.2, 0) is 28.6 Å². The van der Waals surface area contributed by atoms with Crippen molar-refractivity contribution >= 4 is 17.9 Å². The molecule has 0 N–H and O–H groups in total. The summed E-state index contributed by atoms with van der Waals surface area (Å²) in [5.41, 5.74) is 0. The highest BCUT2D eigenvalue weighted by atomic mass is 16.6. The molecule has 6 heteroatoms. The SMILES string of the molecule is CCCC/C=C\CCCCCCCC(=O)OCC(COC(=O)CCCCCCCCCCCCCCCCCCCCCCCCCCCCCCCCCCCC)OC(=O)CCCCCCC/C=C\CCCCC. The summed E-state index contributed by atoms with van der Waals surface area (Å²) >= 11 is 0. The highest BCUT2D eigenvalue weighted by Crippen LogP contribution is 2.19. The summed E-state index contributed by atoms with van der Waals surface area (Å²) in [4.78, 5) is 38.1. The Morgan fingerprint density at radius 1 is 0.253 bits per heavy atom. The Labute approximate surface area is 468 Å². The molecule has 0 radical (unpaired) electrons. The lowest BCUT2D eigenvalue weighted by atomic mass is 10.0. The van der Waals surface area contributed by atoms with Crippen LogP contribution in [0.3, 0.4) is 0 Å². The quantitative estimate of drug-likeness (QED) is 0.0261. The third kappa shape index (κ3) is 62.6. The number of hydrogen-bond acceptors (Lipinski definition) is 6. The van der Waals surface area contributed by atoms with Crippen LogP contribution in [0.1, 0.15) is 380 Å². The van der Waals surface area contributed by atoms with Crippen molar-refractivity contribution < 1.29 is 28.6 Å². The van der Waals surface area contributed by atoms with E-state index < -0.39 is 6.10 Å². The first-order valence-corrected chi connectivity index (χ1v) is 33.8. The maximum Gasteiger partial charge on any atom is 0.306 e. The van der Waals surface area contributed by atoms with E-state index in [1.54, 1.807) is 0 Å². The van der Waals surface area contributed by atoms with Gasteiger partial charge in [0.25, 0.3) is 0 Å². The molecule has 0 spiro atoms. The van der Waals surface area contributed by atoms with E-state index in [2.05, 4.69) is 45.1 Å². The number of esters is 3. The summed E-state index contributed by atoms with van der Waals surface area (Å²) in [5.74, 6) is -0.872. The minimum Gasteiger partial charge on any atom is -0.462 e. The van der Waals surface area contributed by atoms with Crippen LogP contribution in [-0.4, -0.2) is 37.2 Å². The third-order valence-corrected chi connectivity index (χ3v) is 15.4. The van der Waals surface area contributed by atoms with Crippen molar-refractivity contribution in [2.45, 2.75) is 386 Å². The molecule has 0 aliphatic rings. The molecule has 442 valence electrons. The lowest BCUT2D eigenvalue weighted by molar-refractivity contribution is -0.167. The number of hydrogen-bond donors (Lipinski definition) is 0. The molecule has 0 heterocycles. The predicted octanol–water partition coefficient (Wildman–Crippen LogP) is 23.0. The minimum absolute atomic E-state index is 0.0730. The first-order valence-electron chi connectivity index (χ1n) is 33.8. The highest BCUT2D eigenvalue weighted by molar-refractivity contribution is 5.71. The van der Waals surface area contributed by atoms with Crippen molar-refractivity contribution in [3.05, 3.63) is 24.3 Å². The van der Waals surface area contributed by atoms with Gasteiger partial charge in [0.2, 0.25) is 0 Å². The molecular weight excluding hydrogens is 925 g/mol. The molecular formula is C69H130O6. The molecule has 0 saturated carbocycles. The Morgan fingerprint density at radius 2 is 0.453 bits per heavy atom. The maximum atomic E-state index is 12.8. The van der Waals surface area contributed by atoms with Crippen LogP contribution < -0.4 is 0 Å². The van der Waals surface area contributed by atoms with Crippen LogP contribution in [0.2, 0.25) is 0 Å². The minimum atomic E-state index is -0.775. The van der Waals surface area contributed by atoms with Gasteiger partial charge in [0, 0.05) is 19.3 Å². The van der Waals surface area contributed by atoms with Gasteiger partial charge >= 0.3 is 17.9 Å². The Kier molecular flexibility index (Phi) is 62.6. The second-order valence-electron chi connectivity index (χ2n) is 23.1. The van der Waals surface area contributed by atoms with Crippen molar-refractivity contribution in [3.8, 4) is 0 Å². The van der Waals surface area contributed by atoms with Gasteiger partial charge in [-0.1, -0.05) is 321 Å². The van der Waals surface area contributed by atoms with Crippen molar-refractivity contribution in [1.29, 1.82) is 0 Å². The maximum absolute atomic E-state index is 12.8. The zero-order valence-electron chi connectivity index (χ0n) is 50.8. The van der Waals surface area contributed by atoms with Crippen LogP contribution in [0.15, 0.2) is 24.3 Å². The fraction of sp³-hybridized carbons (Fsp3) is 0.899. The molecule has 0 aliphatic heterocycles. The standard InChI is InChI=1S/C69H130O6/c1-4-7-10-13-16-19-22-24-25-26-27-28-29-30-31-32-33-34-35-36-37-38-39-40-41-42-43-44-45-48-50-53-56-59-62-68(71)74-65-66(64-73-67(70)61-58-55-52-49-46-21-18-15-12-9-6-3)75-69(72)63-60-57-54-51-47-23-20-17-14-11-8-5-2/h15,17-18,20,66H,4-14,16,19,21-65H2,1-3H3/b18-15-,20-17-. The normalized spacial score (nSPS) is 12.1.